The zero-order valence-electron chi connectivity index (χ0n) is 13.3. The maximum atomic E-state index is 12.4. The van der Waals surface area contributed by atoms with E-state index in [1.54, 1.807) is 20.8 Å². The van der Waals surface area contributed by atoms with E-state index in [1.165, 1.54) is 4.90 Å². The van der Waals surface area contributed by atoms with E-state index in [1.807, 2.05) is 5.48 Å². The number of halogens is 3. The Kier molecular flexibility index (Phi) is 4.53. The highest BCUT2D eigenvalue weighted by molar-refractivity contribution is 5.91. The predicted octanol–water partition coefficient (Wildman–Crippen LogP) is 2.53. The van der Waals surface area contributed by atoms with Gasteiger partial charge < -0.3 is 4.74 Å². The van der Waals surface area contributed by atoms with E-state index in [-0.39, 0.29) is 6.04 Å². The normalized spacial score (nSPS) is 27.2. The van der Waals surface area contributed by atoms with Gasteiger partial charge in [-0.3, -0.25) is 14.5 Å². The number of carbonyl (C=O) groups is 2. The lowest BCUT2D eigenvalue weighted by molar-refractivity contribution is -0.194. The molecule has 2 amide bonds. The molecule has 0 aromatic carbocycles. The molecule has 0 saturated carbocycles. The second-order valence-corrected chi connectivity index (χ2v) is 6.95. The molecule has 6 nitrogen and oxygen atoms in total. The molecule has 9 heteroatoms. The number of hydrogen-bond donors (Lipinski definition) is 1. The van der Waals surface area contributed by atoms with Crippen molar-refractivity contribution in [1.82, 2.24) is 10.4 Å². The van der Waals surface area contributed by atoms with Crippen LogP contribution in [0.25, 0.3) is 0 Å². The van der Waals surface area contributed by atoms with Crippen molar-refractivity contribution < 1.29 is 32.3 Å². The van der Waals surface area contributed by atoms with Crippen molar-refractivity contribution in [2.24, 2.45) is 0 Å². The third-order valence-corrected chi connectivity index (χ3v) is 4.02. The number of amides is 2. The Labute approximate surface area is 132 Å². The first-order chi connectivity index (χ1) is 10.4. The van der Waals surface area contributed by atoms with Crippen LogP contribution in [-0.4, -0.2) is 46.9 Å². The zero-order chi connectivity index (χ0) is 17.5. The standard InChI is InChI=1S/C14H21F3N2O4/c1-12(2,3)23-11(21)19-9-4-6-13(19,7-5-9)10(20)18-22-8-14(15,16)17/h9H,4-8H2,1-3H3,(H,18,20). The molecule has 132 valence electrons. The Morgan fingerprint density at radius 3 is 2.26 bits per heavy atom. The van der Waals surface area contributed by atoms with Gasteiger partial charge in [-0.1, -0.05) is 0 Å². The fraction of sp³-hybridized carbons (Fsp3) is 0.857. The van der Waals surface area contributed by atoms with Crippen LogP contribution in [0.3, 0.4) is 0 Å². The van der Waals surface area contributed by atoms with Gasteiger partial charge in [-0.15, -0.1) is 0 Å². The van der Waals surface area contributed by atoms with Crippen molar-refractivity contribution in [1.29, 1.82) is 0 Å². The smallest absolute Gasteiger partial charge is 0.414 e. The lowest BCUT2D eigenvalue weighted by atomic mass is 9.87. The Bertz CT molecular complexity index is 479. The summed E-state index contributed by atoms with van der Waals surface area (Å²) in [6, 6.07) is -0.127. The monoisotopic (exact) mass is 338 g/mol. The molecule has 2 fully saturated rings. The van der Waals surface area contributed by atoms with Crippen molar-refractivity contribution >= 4 is 12.0 Å². The van der Waals surface area contributed by atoms with Gasteiger partial charge >= 0.3 is 12.3 Å². The molecule has 1 N–H and O–H groups in total. The minimum atomic E-state index is -4.54. The summed E-state index contributed by atoms with van der Waals surface area (Å²) < 4.78 is 41.6. The summed E-state index contributed by atoms with van der Waals surface area (Å²) in [7, 11) is 0. The topological polar surface area (TPSA) is 67.9 Å². The summed E-state index contributed by atoms with van der Waals surface area (Å²) in [5.41, 5.74) is -0.0618. The molecular formula is C14H21F3N2O4. The fourth-order valence-corrected chi connectivity index (χ4v) is 3.18. The number of rotatable bonds is 3. The molecule has 2 aliphatic heterocycles. The first-order valence-corrected chi connectivity index (χ1v) is 7.46. The minimum absolute atomic E-state index is 0.127. The third-order valence-electron chi connectivity index (χ3n) is 4.02. The molecular weight excluding hydrogens is 317 g/mol. The Morgan fingerprint density at radius 1 is 1.22 bits per heavy atom. The molecule has 2 heterocycles. The van der Waals surface area contributed by atoms with Gasteiger partial charge in [0.25, 0.3) is 5.91 Å². The fourth-order valence-electron chi connectivity index (χ4n) is 3.18. The van der Waals surface area contributed by atoms with E-state index in [0.717, 1.165) is 0 Å². The van der Waals surface area contributed by atoms with Crippen LogP contribution < -0.4 is 5.48 Å². The molecule has 2 aliphatic rings. The maximum Gasteiger partial charge on any atom is 0.414 e. The van der Waals surface area contributed by atoms with Gasteiger partial charge in [-0.25, -0.2) is 10.3 Å². The number of fused-ring (bicyclic) bond motifs is 2. The van der Waals surface area contributed by atoms with Gasteiger partial charge in [0.2, 0.25) is 0 Å². The van der Waals surface area contributed by atoms with E-state index in [0.29, 0.717) is 25.7 Å². The van der Waals surface area contributed by atoms with Crippen LogP contribution in [0.4, 0.5) is 18.0 Å². The van der Waals surface area contributed by atoms with Crippen LogP contribution in [0.1, 0.15) is 46.5 Å². The summed E-state index contributed by atoms with van der Waals surface area (Å²) in [5, 5.41) is 0. The van der Waals surface area contributed by atoms with Gasteiger partial charge in [0, 0.05) is 6.04 Å². The van der Waals surface area contributed by atoms with Gasteiger partial charge in [-0.05, 0) is 46.5 Å². The highest BCUT2D eigenvalue weighted by Crippen LogP contribution is 2.47. The van der Waals surface area contributed by atoms with Crippen molar-refractivity contribution in [3.8, 4) is 0 Å². The molecule has 23 heavy (non-hydrogen) atoms. The number of alkyl halides is 3. The SMILES string of the molecule is CC(C)(C)OC(=O)N1C2CCC1(C(=O)NOCC(F)(F)F)CC2. The molecule has 0 radical (unpaired) electrons. The van der Waals surface area contributed by atoms with Crippen LogP contribution in [0.5, 0.6) is 0 Å². The Morgan fingerprint density at radius 2 is 1.78 bits per heavy atom. The summed E-state index contributed by atoms with van der Waals surface area (Å²) in [6.45, 7) is 3.55. The van der Waals surface area contributed by atoms with Crippen LogP contribution in [0.2, 0.25) is 0 Å². The summed E-state index contributed by atoms with van der Waals surface area (Å²) in [4.78, 5) is 30.3. The quantitative estimate of drug-likeness (QED) is 0.803. The maximum absolute atomic E-state index is 12.4. The van der Waals surface area contributed by atoms with Gasteiger partial charge in [0.1, 0.15) is 11.1 Å². The summed E-state index contributed by atoms with van der Waals surface area (Å²) in [5.74, 6) is -0.729. The third kappa shape index (κ3) is 3.88. The van der Waals surface area contributed by atoms with Crippen molar-refractivity contribution in [2.45, 2.75) is 69.8 Å². The minimum Gasteiger partial charge on any atom is -0.444 e. The van der Waals surface area contributed by atoms with Gasteiger partial charge in [0.05, 0.1) is 0 Å². The molecule has 0 aromatic rings. The molecule has 2 rings (SSSR count). The molecule has 0 aromatic heterocycles. The Balaban J connectivity index is 2.06. The summed E-state index contributed by atoms with van der Waals surface area (Å²) in [6.07, 6.45) is -3.15. The van der Waals surface area contributed by atoms with Crippen molar-refractivity contribution in [2.75, 3.05) is 6.61 Å². The number of hydroxylamine groups is 1. The van der Waals surface area contributed by atoms with E-state index in [4.69, 9.17) is 4.74 Å². The van der Waals surface area contributed by atoms with Crippen molar-refractivity contribution in [3.63, 3.8) is 0 Å². The number of hydrogen-bond acceptors (Lipinski definition) is 4. The van der Waals surface area contributed by atoms with Crippen LogP contribution in [0, 0.1) is 0 Å². The highest BCUT2D eigenvalue weighted by atomic mass is 19.4. The highest BCUT2D eigenvalue weighted by Gasteiger charge is 2.59. The average molecular weight is 338 g/mol. The van der Waals surface area contributed by atoms with E-state index >= 15 is 0 Å². The second kappa shape index (κ2) is 5.85. The van der Waals surface area contributed by atoms with Gasteiger partial charge in [0.15, 0.2) is 6.61 Å². The number of nitrogens with zero attached hydrogens (tertiary/aromatic N) is 1. The molecule has 0 aliphatic carbocycles. The number of ether oxygens (including phenoxy) is 1. The molecule has 0 spiro atoms. The predicted molar refractivity (Wildman–Crippen MR) is 73.2 cm³/mol. The van der Waals surface area contributed by atoms with Gasteiger partial charge in [-0.2, -0.15) is 13.2 Å². The first-order valence-electron chi connectivity index (χ1n) is 7.46. The lowest BCUT2D eigenvalue weighted by Crippen LogP contribution is -2.56. The molecule has 2 bridgehead atoms. The number of nitrogens with one attached hydrogen (secondary N) is 1. The molecule has 2 saturated heterocycles. The first kappa shape index (κ1) is 17.8. The second-order valence-electron chi connectivity index (χ2n) is 6.95. The molecule has 0 unspecified atom stereocenters. The van der Waals surface area contributed by atoms with E-state index in [9.17, 15) is 22.8 Å². The zero-order valence-corrected chi connectivity index (χ0v) is 13.3. The average Bonchev–Trinajstić information content (AvgIpc) is 2.91. The Hall–Kier alpha value is -1.51. The van der Waals surface area contributed by atoms with E-state index in [2.05, 4.69) is 4.84 Å². The van der Waals surface area contributed by atoms with Crippen LogP contribution in [-0.2, 0) is 14.4 Å². The van der Waals surface area contributed by atoms with Crippen LogP contribution in [0.15, 0.2) is 0 Å². The van der Waals surface area contributed by atoms with Crippen molar-refractivity contribution in [3.05, 3.63) is 0 Å². The molecule has 0 atom stereocenters. The van der Waals surface area contributed by atoms with E-state index < -0.39 is 35.9 Å². The lowest BCUT2D eigenvalue weighted by Gasteiger charge is -2.34. The van der Waals surface area contributed by atoms with Crippen LogP contribution >= 0.6 is 0 Å². The number of carbonyl (C=O) groups excluding carboxylic acids is 2. The largest absolute Gasteiger partial charge is 0.444 e. The summed E-state index contributed by atoms with van der Waals surface area (Å²) >= 11 is 0.